The van der Waals surface area contributed by atoms with Gasteiger partial charge in [0.15, 0.2) is 0 Å². The number of nitrogens with zero attached hydrogens (tertiary/aromatic N) is 1. The number of fused-ring (bicyclic) bond motifs is 3. The van der Waals surface area contributed by atoms with E-state index in [4.69, 9.17) is 5.73 Å². The zero-order valence-electron chi connectivity index (χ0n) is 16.2. The van der Waals surface area contributed by atoms with Crippen LogP contribution in [0.2, 0.25) is 0 Å². The van der Waals surface area contributed by atoms with Crippen molar-refractivity contribution in [1.29, 1.82) is 0 Å². The summed E-state index contributed by atoms with van der Waals surface area (Å²) in [4.78, 5) is 12.2. The summed E-state index contributed by atoms with van der Waals surface area (Å²) < 4.78 is 3.49. The van der Waals surface area contributed by atoms with Gasteiger partial charge in [0.2, 0.25) is 5.91 Å². The van der Waals surface area contributed by atoms with E-state index in [1.165, 1.54) is 14.7 Å². The highest BCUT2D eigenvalue weighted by Crippen LogP contribution is 2.35. The van der Waals surface area contributed by atoms with Gasteiger partial charge in [-0.1, -0.05) is 60.7 Å². The molecule has 0 saturated carbocycles. The highest BCUT2D eigenvalue weighted by Gasteiger charge is 2.17. The molecule has 146 valence electrons. The zero-order chi connectivity index (χ0) is 20.7. The number of hydrogen-bond acceptors (Lipinski definition) is 1. The van der Waals surface area contributed by atoms with E-state index in [1.807, 2.05) is 30.3 Å². The van der Waals surface area contributed by atoms with E-state index in [0.29, 0.717) is 5.56 Å². The van der Waals surface area contributed by atoms with Gasteiger partial charge in [-0.3, -0.25) is 4.79 Å². The lowest BCUT2D eigenvalue weighted by molar-refractivity contribution is 0.100. The largest absolute Gasteiger partial charge is 0.366 e. The summed E-state index contributed by atoms with van der Waals surface area (Å²) in [5, 5.41) is 1.97. The van der Waals surface area contributed by atoms with Crippen molar-refractivity contribution in [3.05, 3.63) is 106 Å². The summed E-state index contributed by atoms with van der Waals surface area (Å²) in [6, 6.07) is 31.1. The standard InChI is InChI=1S/C26H19IN2O/c27-20-9-4-6-17(14-20)16-29-23-11-5-10-22(26(28)30)25(23)21-13-12-19(15-24(21)29)18-7-2-1-3-8-18/h1-15H,16H2,(H2,28,30). The van der Waals surface area contributed by atoms with Crippen LogP contribution in [0, 0.1) is 3.57 Å². The van der Waals surface area contributed by atoms with Gasteiger partial charge >= 0.3 is 0 Å². The molecule has 5 rings (SSSR count). The van der Waals surface area contributed by atoms with Gasteiger partial charge in [0.05, 0.1) is 11.0 Å². The third kappa shape index (κ3) is 3.27. The monoisotopic (exact) mass is 502 g/mol. The summed E-state index contributed by atoms with van der Waals surface area (Å²) in [7, 11) is 0. The van der Waals surface area contributed by atoms with Crippen molar-refractivity contribution < 1.29 is 4.79 Å². The molecule has 0 spiro atoms. The van der Waals surface area contributed by atoms with Crippen LogP contribution >= 0.6 is 22.6 Å². The lowest BCUT2D eigenvalue weighted by atomic mass is 10.0. The number of carbonyl (C=O) groups is 1. The Kier molecular flexibility index (Phi) is 4.79. The number of aromatic nitrogens is 1. The van der Waals surface area contributed by atoms with E-state index in [1.54, 1.807) is 0 Å². The molecule has 0 fully saturated rings. The molecular formula is C26H19IN2O. The molecule has 30 heavy (non-hydrogen) atoms. The van der Waals surface area contributed by atoms with E-state index in [-0.39, 0.29) is 0 Å². The second kappa shape index (κ2) is 7.61. The molecule has 1 amide bonds. The van der Waals surface area contributed by atoms with Gasteiger partial charge in [0.25, 0.3) is 0 Å². The second-order valence-corrected chi connectivity index (χ2v) is 8.62. The van der Waals surface area contributed by atoms with Crippen LogP contribution in [0.3, 0.4) is 0 Å². The number of halogens is 1. The van der Waals surface area contributed by atoms with Gasteiger partial charge in [-0.15, -0.1) is 0 Å². The molecule has 0 aliphatic carbocycles. The quantitative estimate of drug-likeness (QED) is 0.292. The van der Waals surface area contributed by atoms with Crippen LogP contribution in [-0.4, -0.2) is 10.5 Å². The summed E-state index contributed by atoms with van der Waals surface area (Å²) in [6.07, 6.45) is 0. The lowest BCUT2D eigenvalue weighted by Crippen LogP contribution is -2.11. The van der Waals surface area contributed by atoms with E-state index >= 15 is 0 Å². The second-order valence-electron chi connectivity index (χ2n) is 7.38. The minimum Gasteiger partial charge on any atom is -0.366 e. The molecule has 0 aliphatic rings. The average Bonchev–Trinajstić information content (AvgIpc) is 3.07. The smallest absolute Gasteiger partial charge is 0.249 e. The van der Waals surface area contributed by atoms with E-state index in [0.717, 1.165) is 33.9 Å². The molecule has 4 heteroatoms. The van der Waals surface area contributed by atoms with Crippen LogP contribution in [0.4, 0.5) is 0 Å². The third-order valence-corrected chi connectivity index (χ3v) is 6.16. The van der Waals surface area contributed by atoms with Crippen molar-refractivity contribution in [2.45, 2.75) is 6.54 Å². The highest BCUT2D eigenvalue weighted by molar-refractivity contribution is 14.1. The molecule has 3 nitrogen and oxygen atoms in total. The van der Waals surface area contributed by atoms with Gasteiger partial charge in [0.1, 0.15) is 0 Å². The maximum atomic E-state index is 12.2. The molecule has 0 aliphatic heterocycles. The van der Waals surface area contributed by atoms with E-state index in [9.17, 15) is 4.79 Å². The van der Waals surface area contributed by atoms with E-state index in [2.05, 4.69) is 87.8 Å². The van der Waals surface area contributed by atoms with Crippen molar-refractivity contribution in [3.8, 4) is 11.1 Å². The Morgan fingerprint density at radius 1 is 0.800 bits per heavy atom. The highest BCUT2D eigenvalue weighted by atomic mass is 127. The fourth-order valence-corrected chi connectivity index (χ4v) is 4.76. The molecule has 0 radical (unpaired) electrons. The average molecular weight is 502 g/mol. The number of primary amides is 1. The summed E-state index contributed by atoms with van der Waals surface area (Å²) in [5.74, 6) is -0.402. The Hall–Kier alpha value is -3.12. The Bertz CT molecular complexity index is 1400. The van der Waals surface area contributed by atoms with Crippen LogP contribution in [-0.2, 0) is 6.54 Å². The summed E-state index contributed by atoms with van der Waals surface area (Å²) in [6.45, 7) is 0.720. The van der Waals surface area contributed by atoms with Gasteiger partial charge in [-0.05, 0) is 69.6 Å². The molecule has 1 aromatic heterocycles. The number of amides is 1. The molecular weight excluding hydrogens is 483 g/mol. The van der Waals surface area contributed by atoms with Crippen molar-refractivity contribution in [3.63, 3.8) is 0 Å². The van der Waals surface area contributed by atoms with Crippen molar-refractivity contribution in [2.75, 3.05) is 0 Å². The van der Waals surface area contributed by atoms with Crippen LogP contribution in [0.25, 0.3) is 32.9 Å². The molecule has 5 aromatic rings. The minimum atomic E-state index is -0.402. The third-order valence-electron chi connectivity index (χ3n) is 5.49. The topological polar surface area (TPSA) is 48.0 Å². The Morgan fingerprint density at radius 3 is 2.37 bits per heavy atom. The molecule has 0 unspecified atom stereocenters. The first-order chi connectivity index (χ1) is 14.6. The van der Waals surface area contributed by atoms with Crippen LogP contribution < -0.4 is 5.73 Å². The Balaban J connectivity index is 1.81. The van der Waals surface area contributed by atoms with Gasteiger partial charge in [0, 0.05) is 26.5 Å². The predicted molar refractivity (Wildman–Crippen MR) is 132 cm³/mol. The summed E-state index contributed by atoms with van der Waals surface area (Å²) in [5.41, 5.74) is 11.9. The predicted octanol–water partition coefficient (Wildman–Crippen LogP) is 6.21. The SMILES string of the molecule is NC(=O)c1cccc2c1c1ccc(-c3ccccc3)cc1n2Cc1cccc(I)c1. The van der Waals surface area contributed by atoms with Crippen molar-refractivity contribution >= 4 is 50.3 Å². The fourth-order valence-electron chi connectivity index (χ4n) is 4.15. The first-order valence-electron chi connectivity index (χ1n) is 9.76. The van der Waals surface area contributed by atoms with Gasteiger partial charge in [-0.25, -0.2) is 0 Å². The van der Waals surface area contributed by atoms with Crippen LogP contribution in [0.5, 0.6) is 0 Å². The first kappa shape index (κ1) is 18.9. The van der Waals surface area contributed by atoms with Crippen molar-refractivity contribution in [1.82, 2.24) is 4.57 Å². The molecule has 0 saturated heterocycles. The normalized spacial score (nSPS) is 11.2. The maximum absolute atomic E-state index is 12.2. The lowest BCUT2D eigenvalue weighted by Gasteiger charge is -2.10. The van der Waals surface area contributed by atoms with Crippen LogP contribution in [0.1, 0.15) is 15.9 Å². The maximum Gasteiger partial charge on any atom is 0.249 e. The molecule has 0 bridgehead atoms. The number of nitrogens with two attached hydrogens (primary N) is 1. The number of benzene rings is 4. The molecule has 4 aromatic carbocycles. The molecule has 0 atom stereocenters. The minimum absolute atomic E-state index is 0.402. The fraction of sp³-hybridized carbons (Fsp3) is 0.0385. The molecule has 2 N–H and O–H groups in total. The summed E-state index contributed by atoms with van der Waals surface area (Å²) >= 11 is 2.34. The number of hydrogen-bond donors (Lipinski definition) is 1. The molecule has 1 heterocycles. The number of rotatable bonds is 4. The van der Waals surface area contributed by atoms with Crippen molar-refractivity contribution in [2.24, 2.45) is 5.73 Å². The Morgan fingerprint density at radius 2 is 1.60 bits per heavy atom. The zero-order valence-corrected chi connectivity index (χ0v) is 18.3. The van der Waals surface area contributed by atoms with Gasteiger partial charge < -0.3 is 10.3 Å². The first-order valence-corrected chi connectivity index (χ1v) is 10.8. The number of carbonyl (C=O) groups excluding carboxylic acids is 1. The van der Waals surface area contributed by atoms with Gasteiger partial charge in [-0.2, -0.15) is 0 Å². The van der Waals surface area contributed by atoms with E-state index < -0.39 is 5.91 Å². The Labute approximate surface area is 188 Å². The van der Waals surface area contributed by atoms with Crippen LogP contribution in [0.15, 0.2) is 91.0 Å².